The number of hydrogen-bond acceptors (Lipinski definition) is 3. The van der Waals surface area contributed by atoms with Crippen molar-refractivity contribution in [3.8, 4) is 0 Å². The van der Waals surface area contributed by atoms with Crippen LogP contribution in [0.25, 0.3) is 0 Å². The normalized spacial score (nSPS) is 27.4. The van der Waals surface area contributed by atoms with E-state index in [0.717, 1.165) is 19.6 Å². The highest BCUT2D eigenvalue weighted by atomic mass is 32.2. The van der Waals surface area contributed by atoms with Crippen LogP contribution in [0.2, 0.25) is 0 Å². The van der Waals surface area contributed by atoms with Crippen molar-refractivity contribution in [1.29, 1.82) is 0 Å². The standard InChI is InChI=1S/C13H27FN2O2S/c1-11-7-12(2)9-16(8-11)10-13(3)15-19(17,18)6-4-5-14/h11-13,15H,4-10H2,1-3H3/t11-,12-,13+/m1/s1. The Morgan fingerprint density at radius 3 is 2.42 bits per heavy atom. The lowest BCUT2D eigenvalue weighted by molar-refractivity contribution is 0.134. The summed E-state index contributed by atoms with van der Waals surface area (Å²) >= 11 is 0. The molecule has 0 bridgehead atoms. The number of nitrogens with zero attached hydrogens (tertiary/aromatic N) is 1. The number of hydrogen-bond donors (Lipinski definition) is 1. The van der Waals surface area contributed by atoms with Crippen LogP contribution in [0.1, 0.15) is 33.6 Å². The van der Waals surface area contributed by atoms with Gasteiger partial charge in [0, 0.05) is 25.7 Å². The first-order chi connectivity index (χ1) is 8.82. The molecular weight excluding hydrogens is 267 g/mol. The molecule has 1 N–H and O–H groups in total. The number of likely N-dealkylation sites (tertiary alicyclic amines) is 1. The molecule has 0 saturated carbocycles. The summed E-state index contributed by atoms with van der Waals surface area (Å²) in [6.07, 6.45) is 1.31. The predicted octanol–water partition coefficient (Wildman–Crippen LogP) is 1.63. The molecule has 0 unspecified atom stereocenters. The first kappa shape index (κ1) is 16.9. The summed E-state index contributed by atoms with van der Waals surface area (Å²) in [6.45, 7) is 8.54. The van der Waals surface area contributed by atoms with E-state index in [2.05, 4.69) is 23.5 Å². The molecule has 0 aromatic rings. The molecule has 0 aromatic heterocycles. The van der Waals surface area contributed by atoms with E-state index in [-0.39, 0.29) is 18.2 Å². The third-order valence-electron chi connectivity index (χ3n) is 3.40. The largest absolute Gasteiger partial charge is 0.301 e. The molecule has 0 spiro atoms. The average Bonchev–Trinajstić information content (AvgIpc) is 2.23. The van der Waals surface area contributed by atoms with E-state index in [9.17, 15) is 12.8 Å². The Morgan fingerprint density at radius 1 is 1.32 bits per heavy atom. The molecule has 1 aliphatic heterocycles. The fraction of sp³-hybridized carbons (Fsp3) is 1.00. The highest BCUT2D eigenvalue weighted by molar-refractivity contribution is 7.89. The minimum absolute atomic E-state index is 0.0693. The Kier molecular flexibility index (Phi) is 6.69. The fourth-order valence-electron chi connectivity index (χ4n) is 2.98. The summed E-state index contributed by atoms with van der Waals surface area (Å²) in [6, 6.07) is -0.123. The van der Waals surface area contributed by atoms with Crippen molar-refractivity contribution in [2.75, 3.05) is 32.1 Å². The maximum Gasteiger partial charge on any atom is 0.211 e. The molecule has 4 nitrogen and oxygen atoms in total. The van der Waals surface area contributed by atoms with E-state index < -0.39 is 16.7 Å². The second kappa shape index (κ2) is 7.55. The Hall–Kier alpha value is -0.200. The number of piperidine rings is 1. The van der Waals surface area contributed by atoms with Crippen molar-refractivity contribution < 1.29 is 12.8 Å². The smallest absolute Gasteiger partial charge is 0.211 e. The first-order valence-corrected chi connectivity index (χ1v) is 8.76. The molecule has 0 amide bonds. The highest BCUT2D eigenvalue weighted by Crippen LogP contribution is 2.20. The third-order valence-corrected chi connectivity index (χ3v) is 4.99. The van der Waals surface area contributed by atoms with Gasteiger partial charge in [-0.2, -0.15) is 0 Å². The summed E-state index contributed by atoms with van der Waals surface area (Å²) in [5, 5.41) is 0. The van der Waals surface area contributed by atoms with Crippen LogP contribution in [0, 0.1) is 11.8 Å². The van der Waals surface area contributed by atoms with Gasteiger partial charge in [-0.1, -0.05) is 13.8 Å². The van der Waals surface area contributed by atoms with Gasteiger partial charge in [0.1, 0.15) is 0 Å². The van der Waals surface area contributed by atoms with E-state index in [4.69, 9.17) is 0 Å². The van der Waals surface area contributed by atoms with Crippen LogP contribution in [0.5, 0.6) is 0 Å². The minimum Gasteiger partial charge on any atom is -0.301 e. The number of sulfonamides is 1. The van der Waals surface area contributed by atoms with Crippen molar-refractivity contribution in [3.63, 3.8) is 0 Å². The molecule has 0 aromatic carbocycles. The maximum atomic E-state index is 12.0. The van der Waals surface area contributed by atoms with Gasteiger partial charge in [0.05, 0.1) is 12.4 Å². The van der Waals surface area contributed by atoms with Crippen LogP contribution in [0.4, 0.5) is 4.39 Å². The topological polar surface area (TPSA) is 49.4 Å². The Balaban J connectivity index is 2.40. The van der Waals surface area contributed by atoms with Crippen LogP contribution >= 0.6 is 0 Å². The highest BCUT2D eigenvalue weighted by Gasteiger charge is 2.24. The van der Waals surface area contributed by atoms with Crippen molar-refractivity contribution in [1.82, 2.24) is 9.62 Å². The quantitative estimate of drug-likeness (QED) is 0.776. The van der Waals surface area contributed by atoms with Crippen molar-refractivity contribution >= 4 is 10.0 Å². The van der Waals surface area contributed by atoms with Gasteiger partial charge in [0.25, 0.3) is 0 Å². The first-order valence-electron chi connectivity index (χ1n) is 7.10. The lowest BCUT2D eigenvalue weighted by Crippen LogP contribution is -2.47. The maximum absolute atomic E-state index is 12.0. The average molecular weight is 294 g/mol. The van der Waals surface area contributed by atoms with E-state index in [1.165, 1.54) is 6.42 Å². The van der Waals surface area contributed by atoms with Crippen LogP contribution in [0.3, 0.4) is 0 Å². The second-order valence-electron chi connectivity index (χ2n) is 6.04. The molecule has 0 aliphatic carbocycles. The van der Waals surface area contributed by atoms with Crippen LogP contribution in [-0.4, -0.2) is 51.4 Å². The molecule has 3 atom stereocenters. The molecule has 0 radical (unpaired) electrons. The molecule has 1 aliphatic rings. The third kappa shape index (κ3) is 6.68. The van der Waals surface area contributed by atoms with Crippen LogP contribution in [0.15, 0.2) is 0 Å². The van der Waals surface area contributed by atoms with E-state index in [1.807, 2.05) is 6.92 Å². The predicted molar refractivity (Wildman–Crippen MR) is 76.4 cm³/mol. The van der Waals surface area contributed by atoms with Crippen LogP contribution < -0.4 is 4.72 Å². The van der Waals surface area contributed by atoms with E-state index >= 15 is 0 Å². The summed E-state index contributed by atoms with van der Waals surface area (Å²) in [7, 11) is -3.34. The molecule has 1 saturated heterocycles. The zero-order valence-corrected chi connectivity index (χ0v) is 13.0. The summed E-state index contributed by atoms with van der Waals surface area (Å²) in [5.74, 6) is 1.21. The van der Waals surface area contributed by atoms with Gasteiger partial charge in [-0.3, -0.25) is 4.39 Å². The SMILES string of the molecule is C[C@@H]1C[C@@H](C)CN(C[C@H](C)NS(=O)(=O)CCCF)C1. The number of nitrogens with one attached hydrogen (secondary N) is 1. The summed E-state index contributed by atoms with van der Waals surface area (Å²) < 4.78 is 38.0. The zero-order valence-electron chi connectivity index (χ0n) is 12.2. The summed E-state index contributed by atoms with van der Waals surface area (Å²) in [4.78, 5) is 2.32. The number of rotatable bonds is 7. The Labute approximate surface area is 116 Å². The monoisotopic (exact) mass is 294 g/mol. The fourth-order valence-corrected chi connectivity index (χ4v) is 4.27. The van der Waals surface area contributed by atoms with Gasteiger partial charge in [-0.15, -0.1) is 0 Å². The van der Waals surface area contributed by atoms with Crippen molar-refractivity contribution in [3.05, 3.63) is 0 Å². The molecule has 114 valence electrons. The van der Waals surface area contributed by atoms with E-state index in [1.54, 1.807) is 0 Å². The van der Waals surface area contributed by atoms with Gasteiger partial charge in [0.15, 0.2) is 0 Å². The molecule has 6 heteroatoms. The van der Waals surface area contributed by atoms with Crippen molar-refractivity contribution in [2.45, 2.75) is 39.7 Å². The molecule has 19 heavy (non-hydrogen) atoms. The van der Waals surface area contributed by atoms with Gasteiger partial charge in [-0.05, 0) is 31.6 Å². The van der Waals surface area contributed by atoms with Gasteiger partial charge in [0.2, 0.25) is 10.0 Å². The Bertz CT molecular complexity index is 352. The molecular formula is C13H27FN2O2S. The molecule has 1 fully saturated rings. The lowest BCUT2D eigenvalue weighted by atomic mass is 9.92. The van der Waals surface area contributed by atoms with Crippen LogP contribution in [-0.2, 0) is 10.0 Å². The summed E-state index contributed by atoms with van der Waals surface area (Å²) in [5.41, 5.74) is 0. The molecule has 1 heterocycles. The minimum atomic E-state index is -3.34. The Morgan fingerprint density at radius 2 is 1.89 bits per heavy atom. The zero-order chi connectivity index (χ0) is 14.5. The number of halogens is 1. The number of alkyl halides is 1. The van der Waals surface area contributed by atoms with Gasteiger partial charge < -0.3 is 4.90 Å². The lowest BCUT2D eigenvalue weighted by Gasteiger charge is -2.36. The van der Waals surface area contributed by atoms with Crippen molar-refractivity contribution in [2.24, 2.45) is 11.8 Å². The molecule has 1 rings (SSSR count). The van der Waals surface area contributed by atoms with Gasteiger partial charge >= 0.3 is 0 Å². The van der Waals surface area contributed by atoms with Gasteiger partial charge in [-0.25, -0.2) is 13.1 Å². The second-order valence-corrected chi connectivity index (χ2v) is 7.92. The van der Waals surface area contributed by atoms with E-state index in [0.29, 0.717) is 11.8 Å².